The van der Waals surface area contributed by atoms with E-state index in [4.69, 9.17) is 9.15 Å². The summed E-state index contributed by atoms with van der Waals surface area (Å²) in [6, 6.07) is 3.25. The number of nitrogens with zero attached hydrogens (tertiary/aromatic N) is 1. The fourth-order valence-electron chi connectivity index (χ4n) is 3.24. The molecule has 0 fully saturated rings. The van der Waals surface area contributed by atoms with E-state index in [0.29, 0.717) is 29.7 Å². The number of fused-ring (bicyclic) bond motifs is 1. The summed E-state index contributed by atoms with van der Waals surface area (Å²) >= 11 is 0. The lowest BCUT2D eigenvalue weighted by Gasteiger charge is -2.20. The lowest BCUT2D eigenvalue weighted by molar-refractivity contribution is -0.147. The summed E-state index contributed by atoms with van der Waals surface area (Å²) in [5.74, 6) is -0.214. The molecule has 1 heterocycles. The molecule has 0 spiro atoms. The van der Waals surface area contributed by atoms with Crippen LogP contribution in [0, 0.1) is 6.92 Å². The van der Waals surface area contributed by atoms with Gasteiger partial charge in [0, 0.05) is 24.4 Å². The highest BCUT2D eigenvalue weighted by atomic mass is 16.5. The molecule has 1 aromatic carbocycles. The van der Waals surface area contributed by atoms with Crippen LogP contribution in [0.2, 0.25) is 0 Å². The van der Waals surface area contributed by atoms with E-state index in [0.717, 1.165) is 30.3 Å². The Hall–Kier alpha value is -2.34. The first kappa shape index (κ1) is 22.0. The molecular formula is C22H31NO5. The fraction of sp³-hybridized carbons (Fsp3) is 0.545. The van der Waals surface area contributed by atoms with Gasteiger partial charge in [0.05, 0.1) is 11.7 Å². The molecule has 1 aromatic heterocycles. The molecule has 0 radical (unpaired) electrons. The van der Waals surface area contributed by atoms with E-state index in [1.807, 2.05) is 14.0 Å². The monoisotopic (exact) mass is 389 g/mol. The van der Waals surface area contributed by atoms with Gasteiger partial charge in [-0.3, -0.25) is 4.79 Å². The lowest BCUT2D eigenvalue weighted by Crippen LogP contribution is -2.20. The summed E-state index contributed by atoms with van der Waals surface area (Å²) in [6.07, 6.45) is 2.48. The SMILES string of the molecule is CCCCN(C)Cc1c(O)c(CCC(=O)OC(C)C)cc2c(C)cc(=O)oc12. The van der Waals surface area contributed by atoms with Crippen LogP contribution in [-0.2, 0) is 22.5 Å². The number of hydrogen-bond acceptors (Lipinski definition) is 6. The molecule has 0 unspecified atom stereocenters. The highest BCUT2D eigenvalue weighted by Crippen LogP contribution is 2.34. The minimum Gasteiger partial charge on any atom is -0.507 e. The van der Waals surface area contributed by atoms with Gasteiger partial charge in [0.15, 0.2) is 0 Å². The largest absolute Gasteiger partial charge is 0.507 e. The molecule has 0 aliphatic carbocycles. The van der Waals surface area contributed by atoms with Crippen molar-refractivity contribution in [2.75, 3.05) is 13.6 Å². The summed E-state index contributed by atoms with van der Waals surface area (Å²) in [7, 11) is 1.97. The molecule has 0 saturated carbocycles. The van der Waals surface area contributed by atoms with Gasteiger partial charge in [-0.05, 0) is 64.4 Å². The zero-order valence-corrected chi connectivity index (χ0v) is 17.5. The van der Waals surface area contributed by atoms with Crippen LogP contribution in [0.5, 0.6) is 5.75 Å². The van der Waals surface area contributed by atoms with Crippen molar-refractivity contribution >= 4 is 16.9 Å². The molecular weight excluding hydrogens is 358 g/mol. The van der Waals surface area contributed by atoms with Gasteiger partial charge in [0.1, 0.15) is 11.3 Å². The molecule has 2 aromatic rings. The molecule has 0 bridgehead atoms. The standard InChI is InChI=1S/C22H31NO5/c1-6-7-10-23(5)13-18-21(26)16(8-9-19(24)27-14(2)3)12-17-15(4)11-20(25)28-22(17)18/h11-12,14,26H,6-10,13H2,1-5H3. The van der Waals surface area contributed by atoms with Gasteiger partial charge in [-0.25, -0.2) is 4.79 Å². The molecule has 0 saturated heterocycles. The molecule has 154 valence electrons. The highest BCUT2D eigenvalue weighted by molar-refractivity contribution is 5.86. The number of aryl methyl sites for hydroxylation is 2. The summed E-state index contributed by atoms with van der Waals surface area (Å²) in [6.45, 7) is 8.91. The minimum atomic E-state index is -0.435. The average molecular weight is 389 g/mol. The molecule has 0 atom stereocenters. The molecule has 0 aliphatic heterocycles. The van der Waals surface area contributed by atoms with Crippen LogP contribution in [-0.4, -0.2) is 35.7 Å². The summed E-state index contributed by atoms with van der Waals surface area (Å²) in [4.78, 5) is 25.9. The molecule has 28 heavy (non-hydrogen) atoms. The Morgan fingerprint density at radius 2 is 2.04 bits per heavy atom. The Morgan fingerprint density at radius 1 is 1.32 bits per heavy atom. The number of hydrogen-bond donors (Lipinski definition) is 1. The molecule has 0 amide bonds. The van der Waals surface area contributed by atoms with Crippen molar-refractivity contribution in [3.8, 4) is 5.75 Å². The van der Waals surface area contributed by atoms with E-state index in [1.54, 1.807) is 19.9 Å². The number of unbranched alkanes of at least 4 members (excludes halogenated alkanes) is 1. The van der Waals surface area contributed by atoms with E-state index < -0.39 is 5.63 Å². The van der Waals surface area contributed by atoms with Gasteiger partial charge < -0.3 is 19.2 Å². The third kappa shape index (κ3) is 5.58. The molecule has 1 N–H and O–H groups in total. The third-order valence-electron chi connectivity index (χ3n) is 4.68. The van der Waals surface area contributed by atoms with Gasteiger partial charge in [0.2, 0.25) is 0 Å². The van der Waals surface area contributed by atoms with E-state index in [1.165, 1.54) is 6.07 Å². The van der Waals surface area contributed by atoms with Crippen LogP contribution in [0.1, 0.15) is 56.7 Å². The number of esters is 1. The van der Waals surface area contributed by atoms with Crippen molar-refractivity contribution < 1.29 is 19.1 Å². The van der Waals surface area contributed by atoms with Crippen LogP contribution in [0.3, 0.4) is 0 Å². The van der Waals surface area contributed by atoms with Crippen molar-refractivity contribution in [2.24, 2.45) is 0 Å². The maximum absolute atomic E-state index is 11.9. The first-order valence-corrected chi connectivity index (χ1v) is 9.89. The van der Waals surface area contributed by atoms with Crippen LogP contribution < -0.4 is 5.63 Å². The van der Waals surface area contributed by atoms with Crippen molar-refractivity contribution in [3.63, 3.8) is 0 Å². The van der Waals surface area contributed by atoms with Crippen molar-refractivity contribution in [2.45, 2.75) is 66.0 Å². The van der Waals surface area contributed by atoms with Crippen molar-refractivity contribution in [1.82, 2.24) is 4.90 Å². The van der Waals surface area contributed by atoms with E-state index in [2.05, 4.69) is 11.8 Å². The number of ether oxygens (including phenoxy) is 1. The maximum atomic E-state index is 11.9. The van der Waals surface area contributed by atoms with Crippen LogP contribution >= 0.6 is 0 Å². The van der Waals surface area contributed by atoms with Gasteiger partial charge in [-0.15, -0.1) is 0 Å². The topological polar surface area (TPSA) is 80.0 Å². The Bertz CT molecular complexity index is 885. The summed E-state index contributed by atoms with van der Waals surface area (Å²) < 4.78 is 10.6. The quantitative estimate of drug-likeness (QED) is 0.517. The highest BCUT2D eigenvalue weighted by Gasteiger charge is 2.19. The zero-order valence-electron chi connectivity index (χ0n) is 17.5. The van der Waals surface area contributed by atoms with E-state index >= 15 is 0 Å². The second-order valence-corrected chi connectivity index (χ2v) is 7.62. The molecule has 6 heteroatoms. The fourth-order valence-corrected chi connectivity index (χ4v) is 3.24. The number of benzene rings is 1. The normalized spacial score (nSPS) is 11.5. The van der Waals surface area contributed by atoms with Crippen LogP contribution in [0.4, 0.5) is 0 Å². The second kappa shape index (κ2) is 9.73. The Kier molecular flexibility index (Phi) is 7.63. The number of phenolic OH excluding ortho intramolecular Hbond substituents is 1. The van der Waals surface area contributed by atoms with Crippen LogP contribution in [0.15, 0.2) is 21.3 Å². The van der Waals surface area contributed by atoms with E-state index in [9.17, 15) is 14.7 Å². The third-order valence-corrected chi connectivity index (χ3v) is 4.68. The number of aromatic hydroxyl groups is 1. The van der Waals surface area contributed by atoms with Crippen LogP contribution in [0.25, 0.3) is 11.0 Å². The number of carbonyl (C=O) groups excluding carboxylic acids is 1. The Balaban J connectivity index is 2.43. The first-order chi connectivity index (χ1) is 13.2. The number of phenols is 1. The van der Waals surface area contributed by atoms with Gasteiger partial charge in [-0.2, -0.15) is 0 Å². The maximum Gasteiger partial charge on any atom is 0.336 e. The zero-order chi connectivity index (χ0) is 20.8. The van der Waals surface area contributed by atoms with Gasteiger partial charge in [0.25, 0.3) is 0 Å². The summed E-state index contributed by atoms with van der Waals surface area (Å²) in [5.41, 5.74) is 2.01. The summed E-state index contributed by atoms with van der Waals surface area (Å²) in [5, 5.41) is 11.7. The number of rotatable bonds is 9. The Morgan fingerprint density at radius 3 is 2.68 bits per heavy atom. The predicted molar refractivity (Wildman–Crippen MR) is 110 cm³/mol. The van der Waals surface area contributed by atoms with Crippen molar-refractivity contribution in [3.05, 3.63) is 39.2 Å². The molecule has 6 nitrogen and oxygen atoms in total. The Labute approximate surface area is 166 Å². The van der Waals surface area contributed by atoms with Gasteiger partial charge in [-0.1, -0.05) is 13.3 Å². The second-order valence-electron chi connectivity index (χ2n) is 7.62. The number of carbonyl (C=O) groups is 1. The predicted octanol–water partition coefficient (Wildman–Crippen LogP) is 3.92. The van der Waals surface area contributed by atoms with Crippen molar-refractivity contribution in [1.29, 1.82) is 0 Å². The van der Waals surface area contributed by atoms with E-state index in [-0.39, 0.29) is 24.2 Å². The first-order valence-electron chi connectivity index (χ1n) is 9.89. The minimum absolute atomic E-state index is 0.0851. The molecule has 2 rings (SSSR count). The molecule has 0 aliphatic rings. The van der Waals surface area contributed by atoms with Gasteiger partial charge >= 0.3 is 11.6 Å². The lowest BCUT2D eigenvalue weighted by atomic mass is 9.98. The smallest absolute Gasteiger partial charge is 0.336 e. The average Bonchev–Trinajstić information content (AvgIpc) is 2.60.